The summed E-state index contributed by atoms with van der Waals surface area (Å²) in [5.41, 5.74) is 2.73. The monoisotopic (exact) mass is 346 g/mol. The molecule has 3 aromatic rings. The first-order valence-electron chi connectivity index (χ1n) is 7.09. The number of nitrogens with zero attached hydrogens (tertiary/aromatic N) is 2. The molecule has 4 nitrogen and oxygen atoms in total. The molecule has 1 atom stereocenters. The maximum atomic E-state index is 10.2. The van der Waals surface area contributed by atoms with Crippen molar-refractivity contribution in [1.82, 2.24) is 10.2 Å². The first-order valence-corrected chi connectivity index (χ1v) is 8.45. The van der Waals surface area contributed by atoms with Crippen LogP contribution in [0.2, 0.25) is 5.02 Å². The minimum atomic E-state index is -0.587. The third-order valence-corrected chi connectivity index (χ3v) is 4.56. The van der Waals surface area contributed by atoms with Crippen LogP contribution in [-0.4, -0.2) is 21.1 Å². The Morgan fingerprint density at radius 1 is 1.13 bits per heavy atom. The van der Waals surface area contributed by atoms with Gasteiger partial charge in [-0.05, 0) is 24.6 Å². The van der Waals surface area contributed by atoms with Gasteiger partial charge in [0, 0.05) is 5.75 Å². The van der Waals surface area contributed by atoms with E-state index in [1.54, 1.807) is 6.07 Å². The molecular weight excluding hydrogens is 332 g/mol. The zero-order chi connectivity index (χ0) is 16.2. The van der Waals surface area contributed by atoms with Gasteiger partial charge >= 0.3 is 0 Å². The van der Waals surface area contributed by atoms with Gasteiger partial charge in [-0.15, -0.1) is 10.2 Å². The minimum Gasteiger partial charge on any atom is -0.411 e. The van der Waals surface area contributed by atoms with Gasteiger partial charge < -0.3 is 9.52 Å². The molecule has 1 heterocycles. The van der Waals surface area contributed by atoms with Crippen molar-refractivity contribution in [2.45, 2.75) is 18.3 Å². The molecule has 0 bridgehead atoms. The highest BCUT2D eigenvalue weighted by molar-refractivity contribution is 7.99. The number of aliphatic hydroxyl groups excluding tert-OH is 1. The number of aliphatic hydroxyl groups is 1. The summed E-state index contributed by atoms with van der Waals surface area (Å²) in [6, 6.07) is 15.1. The summed E-state index contributed by atoms with van der Waals surface area (Å²) < 4.78 is 5.60. The van der Waals surface area contributed by atoms with Crippen molar-refractivity contribution < 1.29 is 9.52 Å². The predicted molar refractivity (Wildman–Crippen MR) is 91.6 cm³/mol. The summed E-state index contributed by atoms with van der Waals surface area (Å²) in [6.45, 7) is 2.01. The van der Waals surface area contributed by atoms with Crippen molar-refractivity contribution in [2.75, 3.05) is 5.75 Å². The first-order chi connectivity index (χ1) is 11.1. The summed E-state index contributed by atoms with van der Waals surface area (Å²) in [5, 5.41) is 19.2. The zero-order valence-corrected chi connectivity index (χ0v) is 14.0. The summed E-state index contributed by atoms with van der Waals surface area (Å²) in [6.07, 6.45) is -0.587. The molecular formula is C17H15ClN2O2S. The SMILES string of the molecule is Cc1ccc(C(O)CSc2nnc(-c3ccccc3Cl)o2)cc1. The molecule has 1 aromatic heterocycles. The van der Waals surface area contributed by atoms with Gasteiger partial charge in [-0.3, -0.25) is 0 Å². The molecule has 0 aliphatic heterocycles. The van der Waals surface area contributed by atoms with Crippen LogP contribution in [-0.2, 0) is 0 Å². The molecule has 0 saturated carbocycles. The fraction of sp³-hybridized carbons (Fsp3) is 0.176. The lowest BCUT2D eigenvalue weighted by Gasteiger charge is -2.09. The number of rotatable bonds is 5. The highest BCUT2D eigenvalue weighted by Crippen LogP contribution is 2.30. The number of halogens is 1. The second-order valence-corrected chi connectivity index (χ2v) is 6.47. The van der Waals surface area contributed by atoms with E-state index in [4.69, 9.17) is 16.0 Å². The number of aromatic nitrogens is 2. The summed E-state index contributed by atoms with van der Waals surface area (Å²) in [4.78, 5) is 0. The lowest BCUT2D eigenvalue weighted by molar-refractivity contribution is 0.203. The summed E-state index contributed by atoms with van der Waals surface area (Å²) in [7, 11) is 0. The fourth-order valence-corrected chi connectivity index (χ4v) is 2.99. The number of hydrogen-bond donors (Lipinski definition) is 1. The van der Waals surface area contributed by atoms with Gasteiger partial charge in [0.2, 0.25) is 5.89 Å². The molecule has 0 amide bonds. The van der Waals surface area contributed by atoms with Gasteiger partial charge in [0.1, 0.15) is 0 Å². The van der Waals surface area contributed by atoms with Gasteiger partial charge in [-0.1, -0.05) is 65.3 Å². The zero-order valence-electron chi connectivity index (χ0n) is 12.4. The summed E-state index contributed by atoms with van der Waals surface area (Å²) in [5.74, 6) is 0.815. The van der Waals surface area contributed by atoms with E-state index in [1.807, 2.05) is 49.4 Å². The molecule has 0 spiro atoms. The Bertz CT molecular complexity index is 789. The molecule has 3 rings (SSSR count). The molecule has 1 N–H and O–H groups in total. The average molecular weight is 347 g/mol. The van der Waals surface area contributed by atoms with Crippen LogP contribution in [0.5, 0.6) is 0 Å². The molecule has 0 aliphatic rings. The van der Waals surface area contributed by atoms with Crippen molar-refractivity contribution in [3.8, 4) is 11.5 Å². The van der Waals surface area contributed by atoms with E-state index in [0.717, 1.165) is 11.1 Å². The Balaban J connectivity index is 1.65. The summed E-state index contributed by atoms with van der Waals surface area (Å²) >= 11 is 7.43. The van der Waals surface area contributed by atoms with E-state index >= 15 is 0 Å². The predicted octanol–water partition coefficient (Wildman–Crippen LogP) is 4.52. The van der Waals surface area contributed by atoms with Crippen LogP contribution in [0.25, 0.3) is 11.5 Å². The molecule has 0 aliphatic carbocycles. The van der Waals surface area contributed by atoms with E-state index < -0.39 is 6.10 Å². The maximum absolute atomic E-state index is 10.2. The van der Waals surface area contributed by atoms with Gasteiger partial charge in [0.05, 0.1) is 16.7 Å². The molecule has 23 heavy (non-hydrogen) atoms. The fourth-order valence-electron chi connectivity index (χ4n) is 2.05. The van der Waals surface area contributed by atoms with Crippen LogP contribution in [0, 0.1) is 6.92 Å². The van der Waals surface area contributed by atoms with E-state index in [-0.39, 0.29) is 0 Å². The Morgan fingerprint density at radius 3 is 2.61 bits per heavy atom. The third kappa shape index (κ3) is 3.93. The maximum Gasteiger partial charge on any atom is 0.276 e. The third-order valence-electron chi connectivity index (χ3n) is 3.34. The van der Waals surface area contributed by atoms with Crippen LogP contribution < -0.4 is 0 Å². The lowest BCUT2D eigenvalue weighted by Crippen LogP contribution is -2.00. The highest BCUT2D eigenvalue weighted by atomic mass is 35.5. The normalized spacial score (nSPS) is 12.3. The first kappa shape index (κ1) is 16.1. The van der Waals surface area contributed by atoms with Gasteiger partial charge in [-0.25, -0.2) is 0 Å². The Labute approximate surface area is 143 Å². The highest BCUT2D eigenvalue weighted by Gasteiger charge is 2.14. The van der Waals surface area contributed by atoms with E-state index in [0.29, 0.717) is 27.5 Å². The van der Waals surface area contributed by atoms with Crippen LogP contribution in [0.15, 0.2) is 58.2 Å². The van der Waals surface area contributed by atoms with E-state index in [1.165, 1.54) is 11.8 Å². The quantitative estimate of drug-likeness (QED) is 0.688. The van der Waals surface area contributed by atoms with Gasteiger partial charge in [-0.2, -0.15) is 0 Å². The van der Waals surface area contributed by atoms with Crippen LogP contribution >= 0.6 is 23.4 Å². The number of hydrogen-bond acceptors (Lipinski definition) is 5. The minimum absolute atomic E-state index is 0.378. The Kier molecular flexibility index (Phi) is 5.00. The van der Waals surface area contributed by atoms with Crippen LogP contribution in [0.3, 0.4) is 0 Å². The standard InChI is InChI=1S/C17H15ClN2O2S/c1-11-6-8-12(9-7-11)15(21)10-23-17-20-19-16(22-17)13-4-2-3-5-14(13)18/h2-9,15,21H,10H2,1H3. The lowest BCUT2D eigenvalue weighted by atomic mass is 10.1. The Hall–Kier alpha value is -1.82. The molecule has 1 unspecified atom stereocenters. The largest absolute Gasteiger partial charge is 0.411 e. The second kappa shape index (κ2) is 7.17. The van der Waals surface area contributed by atoms with Crippen molar-refractivity contribution in [2.24, 2.45) is 0 Å². The number of aryl methyl sites for hydroxylation is 1. The van der Waals surface area contributed by atoms with Crippen LogP contribution in [0.4, 0.5) is 0 Å². The molecule has 2 aromatic carbocycles. The number of benzene rings is 2. The Morgan fingerprint density at radius 2 is 1.87 bits per heavy atom. The van der Waals surface area contributed by atoms with Gasteiger partial charge in [0.25, 0.3) is 5.22 Å². The van der Waals surface area contributed by atoms with Crippen molar-refractivity contribution >= 4 is 23.4 Å². The number of thioether (sulfide) groups is 1. The van der Waals surface area contributed by atoms with Crippen LogP contribution in [0.1, 0.15) is 17.2 Å². The molecule has 0 fully saturated rings. The molecule has 0 radical (unpaired) electrons. The molecule has 0 saturated heterocycles. The topological polar surface area (TPSA) is 59.2 Å². The molecule has 118 valence electrons. The van der Waals surface area contributed by atoms with Crippen molar-refractivity contribution in [1.29, 1.82) is 0 Å². The average Bonchev–Trinajstić information content (AvgIpc) is 3.02. The smallest absolute Gasteiger partial charge is 0.276 e. The molecule has 6 heteroatoms. The van der Waals surface area contributed by atoms with Gasteiger partial charge in [0.15, 0.2) is 0 Å². The van der Waals surface area contributed by atoms with Crippen molar-refractivity contribution in [3.05, 3.63) is 64.7 Å². The van der Waals surface area contributed by atoms with Crippen molar-refractivity contribution in [3.63, 3.8) is 0 Å². The van der Waals surface area contributed by atoms with E-state index in [9.17, 15) is 5.11 Å². The van der Waals surface area contributed by atoms with E-state index in [2.05, 4.69) is 10.2 Å². The second-order valence-electron chi connectivity index (χ2n) is 5.09.